The summed E-state index contributed by atoms with van der Waals surface area (Å²) < 4.78 is 40.1. The molecule has 2 rings (SSSR count). The molecule has 2 aromatic carbocycles. The van der Waals surface area contributed by atoms with Crippen LogP contribution in [0, 0.1) is 7.14 Å². The topological polar surface area (TPSA) is 53.5 Å². The van der Waals surface area contributed by atoms with Gasteiger partial charge in [-0.3, -0.25) is 4.79 Å². The van der Waals surface area contributed by atoms with Crippen molar-refractivity contribution in [2.45, 2.75) is 12.6 Å². The summed E-state index contributed by atoms with van der Waals surface area (Å²) in [6.07, 6.45) is -3.12. The number of hydrazone groups is 1. The largest absolute Gasteiger partial charge is 0.416 e. The molecule has 0 atom stereocenters. The van der Waals surface area contributed by atoms with Crippen LogP contribution < -0.4 is 10.7 Å². The van der Waals surface area contributed by atoms with Crippen LogP contribution in [0.2, 0.25) is 0 Å². The lowest BCUT2D eigenvalue weighted by Crippen LogP contribution is -2.20. The zero-order valence-electron chi connectivity index (χ0n) is 13.5. The van der Waals surface area contributed by atoms with Crippen molar-refractivity contribution in [3.8, 4) is 0 Å². The molecule has 0 aromatic heterocycles. The fourth-order valence-electron chi connectivity index (χ4n) is 2.17. The van der Waals surface area contributed by atoms with E-state index in [9.17, 15) is 18.0 Å². The van der Waals surface area contributed by atoms with Crippen molar-refractivity contribution in [3.05, 3.63) is 60.2 Å². The summed E-state index contributed by atoms with van der Waals surface area (Å²) in [4.78, 5) is 11.9. The molecular weight excluding hydrogens is 573 g/mol. The fourth-order valence-corrected chi connectivity index (χ4v) is 4.52. The molecular formula is C17H14F3I2N3O. The van der Waals surface area contributed by atoms with Gasteiger partial charge >= 0.3 is 6.18 Å². The lowest BCUT2D eigenvalue weighted by Gasteiger charge is -2.08. The van der Waals surface area contributed by atoms with Crippen LogP contribution >= 0.6 is 45.2 Å². The summed E-state index contributed by atoms with van der Waals surface area (Å²) in [5.74, 6) is -0.489. The Labute approximate surface area is 175 Å². The van der Waals surface area contributed by atoms with Gasteiger partial charge in [0.15, 0.2) is 0 Å². The van der Waals surface area contributed by atoms with Crippen LogP contribution in [-0.2, 0) is 17.4 Å². The molecule has 0 saturated heterocycles. The minimum absolute atomic E-state index is 0.185. The number of carbonyl (C=O) groups is 1. The third kappa shape index (κ3) is 5.83. The summed E-state index contributed by atoms with van der Waals surface area (Å²) in [6, 6.07) is 8.48. The molecule has 9 heteroatoms. The van der Waals surface area contributed by atoms with Gasteiger partial charge in [0.1, 0.15) is 0 Å². The van der Waals surface area contributed by atoms with Gasteiger partial charge in [0.05, 0.1) is 23.9 Å². The number of carbonyl (C=O) groups excluding carboxylic acids is 1. The first kappa shape index (κ1) is 20.9. The van der Waals surface area contributed by atoms with E-state index < -0.39 is 17.6 Å². The monoisotopic (exact) mass is 587 g/mol. The number of halogens is 5. The van der Waals surface area contributed by atoms with Crippen molar-refractivity contribution in [1.29, 1.82) is 0 Å². The van der Waals surface area contributed by atoms with Crippen LogP contribution in [0.25, 0.3) is 0 Å². The highest BCUT2D eigenvalue weighted by atomic mass is 127. The highest BCUT2D eigenvalue weighted by molar-refractivity contribution is 14.1. The average molecular weight is 587 g/mol. The van der Waals surface area contributed by atoms with Crippen molar-refractivity contribution in [3.63, 3.8) is 0 Å². The number of benzene rings is 2. The first-order chi connectivity index (χ1) is 12.2. The number of hydrogen-bond donors (Lipinski definition) is 2. The number of rotatable bonds is 5. The highest BCUT2D eigenvalue weighted by Crippen LogP contribution is 2.29. The Morgan fingerprint density at radius 1 is 1.19 bits per heavy atom. The average Bonchev–Trinajstić information content (AvgIpc) is 2.54. The molecule has 0 fully saturated rings. The minimum Gasteiger partial charge on any atom is -0.386 e. The standard InChI is InChI=1S/C17H14F3I2N3O/c1-23-16-13(21)6-11(7-14(16)22)9-24-25-15(26)8-10-3-2-4-12(5-10)17(18,19)20/h2-7,9,23H,8H2,1H3,(H,25,26)/b24-9+. The maximum absolute atomic E-state index is 12.7. The van der Waals surface area contributed by atoms with Crippen molar-refractivity contribution in [1.82, 2.24) is 5.43 Å². The number of anilines is 1. The molecule has 2 N–H and O–H groups in total. The van der Waals surface area contributed by atoms with Gasteiger partial charge in [-0.05, 0) is 74.5 Å². The van der Waals surface area contributed by atoms with E-state index in [0.717, 1.165) is 30.5 Å². The van der Waals surface area contributed by atoms with Gasteiger partial charge in [-0.2, -0.15) is 18.3 Å². The van der Waals surface area contributed by atoms with E-state index in [1.165, 1.54) is 18.3 Å². The second kappa shape index (κ2) is 9.02. The SMILES string of the molecule is CNc1c(I)cc(/C=N/NC(=O)Cc2cccc(C(F)(F)F)c2)cc1I. The van der Waals surface area contributed by atoms with Crippen molar-refractivity contribution < 1.29 is 18.0 Å². The number of nitrogens with zero attached hydrogens (tertiary/aromatic N) is 1. The molecule has 138 valence electrons. The molecule has 1 amide bonds. The molecule has 0 aliphatic rings. The quantitative estimate of drug-likeness (QED) is 0.305. The van der Waals surface area contributed by atoms with E-state index in [2.05, 4.69) is 61.0 Å². The molecule has 0 saturated carbocycles. The molecule has 2 aromatic rings. The van der Waals surface area contributed by atoms with Gasteiger partial charge in [0, 0.05) is 14.2 Å². The van der Waals surface area contributed by atoms with Crippen LogP contribution in [0.15, 0.2) is 41.5 Å². The second-order valence-corrected chi connectivity index (χ2v) is 7.60. The van der Waals surface area contributed by atoms with Gasteiger partial charge in [-0.1, -0.05) is 18.2 Å². The van der Waals surface area contributed by atoms with Crippen LogP contribution in [0.5, 0.6) is 0 Å². The van der Waals surface area contributed by atoms with E-state index in [0.29, 0.717) is 0 Å². The molecule has 0 heterocycles. The summed E-state index contributed by atoms with van der Waals surface area (Å²) >= 11 is 4.39. The number of nitrogens with one attached hydrogen (secondary N) is 2. The molecule has 0 radical (unpaired) electrons. The minimum atomic E-state index is -4.43. The first-order valence-electron chi connectivity index (χ1n) is 7.35. The van der Waals surface area contributed by atoms with E-state index in [-0.39, 0.29) is 12.0 Å². The molecule has 0 unspecified atom stereocenters. The predicted molar refractivity (Wildman–Crippen MR) is 112 cm³/mol. The van der Waals surface area contributed by atoms with Crippen molar-refractivity contribution >= 4 is 63.0 Å². The normalized spacial score (nSPS) is 11.6. The third-order valence-electron chi connectivity index (χ3n) is 3.34. The lowest BCUT2D eigenvalue weighted by molar-refractivity contribution is -0.137. The van der Waals surface area contributed by atoms with Crippen LogP contribution in [0.1, 0.15) is 16.7 Å². The van der Waals surface area contributed by atoms with Gasteiger partial charge in [-0.25, -0.2) is 5.43 Å². The van der Waals surface area contributed by atoms with Crippen LogP contribution in [-0.4, -0.2) is 19.2 Å². The zero-order chi connectivity index (χ0) is 19.3. The van der Waals surface area contributed by atoms with Crippen molar-refractivity contribution in [2.24, 2.45) is 5.10 Å². The van der Waals surface area contributed by atoms with Crippen molar-refractivity contribution in [2.75, 3.05) is 12.4 Å². The lowest BCUT2D eigenvalue weighted by atomic mass is 10.1. The van der Waals surface area contributed by atoms with E-state index >= 15 is 0 Å². The summed E-state index contributed by atoms with van der Waals surface area (Å²) in [5.41, 5.74) is 3.64. The Bertz CT molecular complexity index is 815. The number of alkyl halides is 3. The summed E-state index contributed by atoms with van der Waals surface area (Å²) in [6.45, 7) is 0. The zero-order valence-corrected chi connectivity index (χ0v) is 17.8. The smallest absolute Gasteiger partial charge is 0.386 e. The Balaban J connectivity index is 2.00. The Morgan fingerprint density at radius 2 is 1.85 bits per heavy atom. The number of hydrogen-bond acceptors (Lipinski definition) is 3. The maximum atomic E-state index is 12.7. The van der Waals surface area contributed by atoms with Gasteiger partial charge in [-0.15, -0.1) is 0 Å². The Morgan fingerprint density at radius 3 is 2.42 bits per heavy atom. The third-order valence-corrected chi connectivity index (χ3v) is 5.04. The van der Waals surface area contributed by atoms with Gasteiger partial charge in [0.2, 0.25) is 5.91 Å². The second-order valence-electron chi connectivity index (χ2n) is 5.28. The van der Waals surface area contributed by atoms with E-state index in [1.54, 1.807) is 0 Å². The molecule has 0 spiro atoms. The maximum Gasteiger partial charge on any atom is 0.416 e. The first-order valence-corrected chi connectivity index (χ1v) is 9.51. The fraction of sp³-hybridized carbons (Fsp3) is 0.176. The highest BCUT2D eigenvalue weighted by Gasteiger charge is 2.30. The van der Waals surface area contributed by atoms with E-state index in [4.69, 9.17) is 0 Å². The Hall–Kier alpha value is -1.37. The molecule has 4 nitrogen and oxygen atoms in total. The molecule has 0 aliphatic heterocycles. The van der Waals surface area contributed by atoms with E-state index in [1.807, 2.05) is 19.2 Å². The summed E-state index contributed by atoms with van der Waals surface area (Å²) in [7, 11) is 1.83. The van der Waals surface area contributed by atoms with Gasteiger partial charge in [0.25, 0.3) is 0 Å². The van der Waals surface area contributed by atoms with Crippen LogP contribution in [0.3, 0.4) is 0 Å². The molecule has 26 heavy (non-hydrogen) atoms. The molecule has 0 aliphatic carbocycles. The van der Waals surface area contributed by atoms with Crippen LogP contribution in [0.4, 0.5) is 18.9 Å². The summed E-state index contributed by atoms with van der Waals surface area (Å²) in [5, 5.41) is 6.97. The number of amides is 1. The predicted octanol–water partition coefficient (Wildman–Crippen LogP) is 4.65. The Kier molecular flexibility index (Phi) is 7.26. The van der Waals surface area contributed by atoms with Gasteiger partial charge < -0.3 is 5.32 Å². The molecule has 0 bridgehead atoms.